The van der Waals surface area contributed by atoms with Crippen LogP contribution in [0.2, 0.25) is 0 Å². The van der Waals surface area contributed by atoms with E-state index in [1.165, 1.54) is 5.56 Å². The molecule has 0 aliphatic heterocycles. The lowest BCUT2D eigenvalue weighted by atomic mass is 10.1. The zero-order chi connectivity index (χ0) is 17.5. The molecule has 0 heterocycles. The fourth-order valence-electron chi connectivity index (χ4n) is 2.04. The van der Waals surface area contributed by atoms with E-state index in [0.717, 1.165) is 20.9 Å². The van der Waals surface area contributed by atoms with Crippen LogP contribution in [0, 0.1) is 6.92 Å². The normalized spacial score (nSPS) is 11.7. The van der Waals surface area contributed by atoms with E-state index in [-0.39, 0.29) is 12.6 Å². The molecule has 0 atom stereocenters. The maximum absolute atomic E-state index is 11.3. The molecule has 0 aromatic heterocycles. The quantitative estimate of drug-likeness (QED) is 0.448. The third-order valence-electron chi connectivity index (χ3n) is 3.34. The SMILES string of the molecule is CCOC(=O)COc1ccc(C(S)=C(S)c2ccc(C)cc2)cc1. The monoisotopic (exact) mass is 360 g/mol. The lowest BCUT2D eigenvalue weighted by Gasteiger charge is -2.09. The van der Waals surface area contributed by atoms with Gasteiger partial charge in [-0.05, 0) is 37.1 Å². The Labute approximate surface area is 153 Å². The number of carbonyl (C=O) groups is 1. The van der Waals surface area contributed by atoms with Gasteiger partial charge in [0.15, 0.2) is 6.61 Å². The van der Waals surface area contributed by atoms with Gasteiger partial charge in [-0.3, -0.25) is 0 Å². The number of ether oxygens (including phenoxy) is 2. The van der Waals surface area contributed by atoms with Gasteiger partial charge in [-0.1, -0.05) is 42.0 Å². The van der Waals surface area contributed by atoms with Crippen molar-refractivity contribution in [2.75, 3.05) is 13.2 Å². The van der Waals surface area contributed by atoms with Gasteiger partial charge in [0.2, 0.25) is 0 Å². The summed E-state index contributed by atoms with van der Waals surface area (Å²) in [5, 5.41) is 0. The van der Waals surface area contributed by atoms with Crippen LogP contribution in [0.15, 0.2) is 48.5 Å². The van der Waals surface area contributed by atoms with Gasteiger partial charge in [-0.2, -0.15) is 0 Å². The Kier molecular flexibility index (Phi) is 6.82. The van der Waals surface area contributed by atoms with Crippen molar-refractivity contribution in [1.29, 1.82) is 0 Å². The van der Waals surface area contributed by atoms with Gasteiger partial charge in [-0.15, -0.1) is 25.3 Å². The fourth-order valence-corrected chi connectivity index (χ4v) is 2.60. The molecule has 0 saturated heterocycles. The first-order valence-electron chi connectivity index (χ1n) is 7.59. The highest BCUT2D eigenvalue weighted by Crippen LogP contribution is 2.32. The van der Waals surface area contributed by atoms with Gasteiger partial charge < -0.3 is 9.47 Å². The van der Waals surface area contributed by atoms with Crippen LogP contribution in [0.3, 0.4) is 0 Å². The average Bonchev–Trinajstić information content (AvgIpc) is 2.60. The van der Waals surface area contributed by atoms with Crippen LogP contribution in [0.1, 0.15) is 23.6 Å². The van der Waals surface area contributed by atoms with Gasteiger partial charge in [0.25, 0.3) is 0 Å². The number of carbonyl (C=O) groups excluding carboxylic acids is 1. The number of hydrogen-bond donors (Lipinski definition) is 2. The summed E-state index contributed by atoms with van der Waals surface area (Å²) >= 11 is 9.18. The molecule has 24 heavy (non-hydrogen) atoms. The van der Waals surface area contributed by atoms with Crippen molar-refractivity contribution in [3.8, 4) is 5.75 Å². The second-order valence-corrected chi connectivity index (χ2v) is 6.08. The molecule has 0 unspecified atom stereocenters. The molecule has 0 aliphatic rings. The van der Waals surface area contributed by atoms with E-state index in [0.29, 0.717) is 12.4 Å². The van der Waals surface area contributed by atoms with E-state index in [4.69, 9.17) is 9.47 Å². The van der Waals surface area contributed by atoms with Gasteiger partial charge in [0.1, 0.15) is 5.75 Å². The third-order valence-corrected chi connectivity index (χ3v) is 4.48. The lowest BCUT2D eigenvalue weighted by Crippen LogP contribution is -2.14. The summed E-state index contributed by atoms with van der Waals surface area (Å²) in [5.41, 5.74) is 3.13. The minimum atomic E-state index is -0.381. The smallest absolute Gasteiger partial charge is 0.344 e. The van der Waals surface area contributed by atoms with Crippen LogP contribution < -0.4 is 4.74 Å². The predicted octanol–water partition coefficient (Wildman–Crippen LogP) is 4.62. The molecular weight excluding hydrogens is 340 g/mol. The second kappa shape index (κ2) is 8.85. The van der Waals surface area contributed by atoms with E-state index in [1.807, 2.05) is 43.3 Å². The summed E-state index contributed by atoms with van der Waals surface area (Å²) in [6.45, 7) is 4.05. The standard InChI is InChI=1S/C19H20O3S2/c1-3-21-17(20)12-22-16-10-8-15(9-11-16)19(24)18(23)14-6-4-13(2)5-7-14/h4-11,23-24H,3,12H2,1-2H3. The molecule has 0 amide bonds. The van der Waals surface area contributed by atoms with Crippen LogP contribution in [-0.2, 0) is 9.53 Å². The number of aryl methyl sites for hydroxylation is 1. The van der Waals surface area contributed by atoms with Gasteiger partial charge >= 0.3 is 5.97 Å². The van der Waals surface area contributed by atoms with Crippen molar-refractivity contribution < 1.29 is 14.3 Å². The molecule has 0 aliphatic carbocycles. The molecule has 3 nitrogen and oxygen atoms in total. The first-order valence-corrected chi connectivity index (χ1v) is 8.48. The topological polar surface area (TPSA) is 35.5 Å². The predicted molar refractivity (Wildman–Crippen MR) is 105 cm³/mol. The Hall–Kier alpha value is -1.85. The Morgan fingerprint density at radius 1 is 0.917 bits per heavy atom. The van der Waals surface area contributed by atoms with Gasteiger partial charge in [0.05, 0.1) is 6.61 Å². The molecule has 0 spiro atoms. The second-order valence-electron chi connectivity index (χ2n) is 5.18. The van der Waals surface area contributed by atoms with E-state index in [2.05, 4.69) is 25.3 Å². The minimum Gasteiger partial charge on any atom is -0.482 e. The summed E-state index contributed by atoms with van der Waals surface area (Å²) in [5.74, 6) is 0.220. The maximum Gasteiger partial charge on any atom is 0.344 e. The van der Waals surface area contributed by atoms with Crippen molar-refractivity contribution in [2.45, 2.75) is 13.8 Å². The van der Waals surface area contributed by atoms with Gasteiger partial charge in [-0.25, -0.2) is 4.79 Å². The molecule has 2 rings (SSSR count). The van der Waals surface area contributed by atoms with Crippen LogP contribution in [0.5, 0.6) is 5.75 Å². The number of benzene rings is 2. The molecule has 0 N–H and O–H groups in total. The van der Waals surface area contributed by atoms with Crippen molar-refractivity contribution in [3.63, 3.8) is 0 Å². The lowest BCUT2D eigenvalue weighted by molar-refractivity contribution is -0.145. The minimum absolute atomic E-state index is 0.0993. The first kappa shape index (κ1) is 18.5. The molecule has 2 aromatic rings. The van der Waals surface area contributed by atoms with E-state index >= 15 is 0 Å². The summed E-state index contributed by atoms with van der Waals surface area (Å²) in [4.78, 5) is 12.9. The summed E-state index contributed by atoms with van der Waals surface area (Å²) in [7, 11) is 0. The van der Waals surface area contributed by atoms with E-state index in [1.54, 1.807) is 19.1 Å². The highest BCUT2D eigenvalue weighted by Gasteiger charge is 2.07. The van der Waals surface area contributed by atoms with Crippen molar-refractivity contribution >= 4 is 41.0 Å². The Morgan fingerprint density at radius 3 is 1.92 bits per heavy atom. The Morgan fingerprint density at radius 2 is 1.42 bits per heavy atom. The first-order chi connectivity index (χ1) is 11.5. The molecule has 0 radical (unpaired) electrons. The third kappa shape index (κ3) is 5.08. The van der Waals surface area contributed by atoms with E-state index in [9.17, 15) is 4.79 Å². The summed E-state index contributed by atoms with van der Waals surface area (Å²) in [6, 6.07) is 15.5. The average molecular weight is 361 g/mol. The van der Waals surface area contributed by atoms with Crippen molar-refractivity contribution in [2.24, 2.45) is 0 Å². The Bertz CT molecular complexity index is 719. The molecule has 0 bridgehead atoms. The number of esters is 1. The fraction of sp³-hybridized carbons (Fsp3) is 0.211. The zero-order valence-electron chi connectivity index (χ0n) is 13.7. The number of thiol groups is 2. The van der Waals surface area contributed by atoms with Crippen molar-refractivity contribution in [1.82, 2.24) is 0 Å². The molecule has 0 fully saturated rings. The summed E-state index contributed by atoms with van der Waals surface area (Å²) in [6.07, 6.45) is 0. The highest BCUT2D eigenvalue weighted by molar-refractivity contribution is 7.96. The molecule has 5 heteroatoms. The molecule has 2 aromatic carbocycles. The zero-order valence-corrected chi connectivity index (χ0v) is 15.4. The summed E-state index contributed by atoms with van der Waals surface area (Å²) < 4.78 is 10.2. The molecular formula is C19H20O3S2. The number of rotatable bonds is 6. The molecule has 0 saturated carbocycles. The Balaban J connectivity index is 2.10. The maximum atomic E-state index is 11.3. The van der Waals surface area contributed by atoms with E-state index < -0.39 is 0 Å². The highest BCUT2D eigenvalue weighted by atomic mass is 32.1. The van der Waals surface area contributed by atoms with Crippen molar-refractivity contribution in [3.05, 3.63) is 65.2 Å². The van der Waals surface area contributed by atoms with Crippen LogP contribution >= 0.6 is 25.3 Å². The number of hydrogen-bond acceptors (Lipinski definition) is 5. The van der Waals surface area contributed by atoms with Crippen LogP contribution in [-0.4, -0.2) is 19.2 Å². The van der Waals surface area contributed by atoms with Gasteiger partial charge in [0, 0.05) is 9.81 Å². The van der Waals surface area contributed by atoms with Crippen LogP contribution in [0.25, 0.3) is 9.81 Å². The largest absolute Gasteiger partial charge is 0.482 e. The van der Waals surface area contributed by atoms with Crippen LogP contribution in [0.4, 0.5) is 0 Å². The molecule has 126 valence electrons.